The summed E-state index contributed by atoms with van der Waals surface area (Å²) in [5.41, 5.74) is 2.34. The van der Waals surface area contributed by atoms with Crippen LogP contribution in [-0.2, 0) is 17.0 Å². The van der Waals surface area contributed by atoms with E-state index in [1.165, 1.54) is 5.56 Å². The monoisotopic (exact) mass is 391 g/mol. The third-order valence-corrected chi connectivity index (χ3v) is 5.01. The molecule has 0 saturated carbocycles. The van der Waals surface area contributed by atoms with Gasteiger partial charge in [0.15, 0.2) is 0 Å². The first-order valence-electron chi connectivity index (χ1n) is 8.98. The second-order valence-corrected chi connectivity index (χ2v) is 7.45. The predicted molar refractivity (Wildman–Crippen MR) is 111 cm³/mol. The SMILES string of the molecule is CCCOc1ccccc1CCCNC(=O)CSCc1cccc(Cl)c1. The normalized spacial score (nSPS) is 10.5. The molecule has 0 spiro atoms. The predicted octanol–water partition coefficient (Wildman–Crippen LogP) is 5.11. The molecule has 0 bridgehead atoms. The molecule has 3 nitrogen and oxygen atoms in total. The van der Waals surface area contributed by atoms with Gasteiger partial charge in [0.2, 0.25) is 5.91 Å². The molecule has 1 amide bonds. The van der Waals surface area contributed by atoms with E-state index in [-0.39, 0.29) is 5.91 Å². The Balaban J connectivity index is 1.63. The van der Waals surface area contributed by atoms with Crippen molar-refractivity contribution in [2.24, 2.45) is 0 Å². The molecule has 0 saturated heterocycles. The molecule has 0 atom stereocenters. The Kier molecular flexibility index (Phi) is 9.43. The summed E-state index contributed by atoms with van der Waals surface area (Å²) in [6.07, 6.45) is 2.80. The van der Waals surface area contributed by atoms with Crippen LogP contribution < -0.4 is 10.1 Å². The van der Waals surface area contributed by atoms with E-state index in [0.29, 0.717) is 12.3 Å². The zero-order chi connectivity index (χ0) is 18.6. The first-order valence-corrected chi connectivity index (χ1v) is 10.5. The van der Waals surface area contributed by atoms with Crippen LogP contribution in [0.4, 0.5) is 0 Å². The van der Waals surface area contributed by atoms with Gasteiger partial charge in [-0.3, -0.25) is 4.79 Å². The molecule has 2 rings (SSSR count). The lowest BCUT2D eigenvalue weighted by molar-refractivity contribution is -0.118. The highest BCUT2D eigenvalue weighted by molar-refractivity contribution is 7.99. The van der Waals surface area contributed by atoms with Crippen molar-refractivity contribution in [2.75, 3.05) is 18.9 Å². The number of hydrogen-bond acceptors (Lipinski definition) is 3. The van der Waals surface area contributed by atoms with Crippen molar-refractivity contribution in [3.05, 3.63) is 64.7 Å². The maximum atomic E-state index is 11.9. The van der Waals surface area contributed by atoms with Crippen LogP contribution in [0.25, 0.3) is 0 Å². The second kappa shape index (κ2) is 11.9. The summed E-state index contributed by atoms with van der Waals surface area (Å²) in [6.45, 7) is 3.51. The molecule has 0 unspecified atom stereocenters. The Morgan fingerprint density at radius 2 is 2.04 bits per heavy atom. The number of rotatable bonds is 11. The average molecular weight is 392 g/mol. The number of thioether (sulfide) groups is 1. The van der Waals surface area contributed by atoms with Crippen molar-refractivity contribution in [1.82, 2.24) is 5.32 Å². The van der Waals surface area contributed by atoms with Crippen molar-refractivity contribution in [3.8, 4) is 5.75 Å². The van der Waals surface area contributed by atoms with Crippen molar-refractivity contribution in [3.63, 3.8) is 0 Å². The van der Waals surface area contributed by atoms with Crippen molar-refractivity contribution in [2.45, 2.75) is 31.9 Å². The first kappa shape index (κ1) is 20.7. The lowest BCUT2D eigenvalue weighted by atomic mass is 10.1. The molecule has 0 fully saturated rings. The summed E-state index contributed by atoms with van der Waals surface area (Å²) < 4.78 is 5.77. The van der Waals surface area contributed by atoms with Gasteiger partial charge in [0.1, 0.15) is 5.75 Å². The van der Waals surface area contributed by atoms with E-state index < -0.39 is 0 Å². The maximum absolute atomic E-state index is 11.9. The standard InChI is InChI=1S/C21H26ClNO2S/c1-2-13-25-20-11-4-3-8-18(20)9-6-12-23-21(24)16-26-15-17-7-5-10-19(22)14-17/h3-5,7-8,10-11,14H,2,6,9,12-13,15-16H2,1H3,(H,23,24). The molecule has 1 N–H and O–H groups in total. The average Bonchev–Trinajstić information content (AvgIpc) is 2.64. The number of ether oxygens (including phenoxy) is 1. The molecule has 0 aromatic heterocycles. The van der Waals surface area contributed by atoms with E-state index in [4.69, 9.17) is 16.3 Å². The van der Waals surface area contributed by atoms with E-state index in [1.54, 1.807) is 11.8 Å². The molecular weight excluding hydrogens is 366 g/mol. The molecule has 0 aliphatic heterocycles. The number of amides is 1. The number of carbonyl (C=O) groups is 1. The lowest BCUT2D eigenvalue weighted by Crippen LogP contribution is -2.26. The van der Waals surface area contributed by atoms with Gasteiger partial charge in [0, 0.05) is 17.3 Å². The molecule has 2 aromatic rings. The molecule has 5 heteroatoms. The Bertz CT molecular complexity index is 693. The summed E-state index contributed by atoms with van der Waals surface area (Å²) in [4.78, 5) is 11.9. The van der Waals surface area contributed by atoms with Crippen molar-refractivity contribution in [1.29, 1.82) is 0 Å². The Morgan fingerprint density at radius 3 is 2.85 bits per heavy atom. The number of halogens is 1. The molecule has 0 aliphatic rings. The molecule has 140 valence electrons. The van der Waals surface area contributed by atoms with Gasteiger partial charge in [-0.15, -0.1) is 11.8 Å². The van der Waals surface area contributed by atoms with E-state index in [1.807, 2.05) is 42.5 Å². The third-order valence-electron chi connectivity index (χ3n) is 3.77. The lowest BCUT2D eigenvalue weighted by Gasteiger charge is -2.11. The maximum Gasteiger partial charge on any atom is 0.230 e. The zero-order valence-electron chi connectivity index (χ0n) is 15.2. The van der Waals surface area contributed by atoms with Crippen molar-refractivity contribution < 1.29 is 9.53 Å². The fourth-order valence-electron chi connectivity index (χ4n) is 2.51. The molecule has 0 radical (unpaired) electrons. The van der Waals surface area contributed by atoms with E-state index in [0.717, 1.165) is 48.0 Å². The fraction of sp³-hybridized carbons (Fsp3) is 0.381. The fourth-order valence-corrected chi connectivity index (χ4v) is 3.53. The Hall–Kier alpha value is -1.65. The molecule has 0 aliphatic carbocycles. The molecular formula is C21H26ClNO2S. The number of benzene rings is 2. The smallest absolute Gasteiger partial charge is 0.230 e. The summed E-state index contributed by atoms with van der Waals surface area (Å²) >= 11 is 7.56. The highest BCUT2D eigenvalue weighted by atomic mass is 35.5. The highest BCUT2D eigenvalue weighted by Crippen LogP contribution is 2.20. The van der Waals surface area contributed by atoms with Gasteiger partial charge in [0.05, 0.1) is 12.4 Å². The number of aryl methyl sites for hydroxylation is 1. The van der Waals surface area contributed by atoms with Crippen LogP contribution in [0, 0.1) is 0 Å². The third kappa shape index (κ3) is 7.71. The number of hydrogen-bond donors (Lipinski definition) is 1. The van der Waals surface area contributed by atoms with Gasteiger partial charge < -0.3 is 10.1 Å². The second-order valence-electron chi connectivity index (χ2n) is 6.03. The first-order chi connectivity index (χ1) is 12.7. The van der Waals surface area contributed by atoms with E-state index in [2.05, 4.69) is 18.3 Å². The van der Waals surface area contributed by atoms with Crippen LogP contribution in [0.1, 0.15) is 30.9 Å². The minimum Gasteiger partial charge on any atom is -0.493 e. The van der Waals surface area contributed by atoms with Gasteiger partial charge in [-0.25, -0.2) is 0 Å². The van der Waals surface area contributed by atoms with Gasteiger partial charge in [-0.05, 0) is 48.6 Å². The largest absolute Gasteiger partial charge is 0.493 e. The van der Waals surface area contributed by atoms with Gasteiger partial charge in [-0.2, -0.15) is 0 Å². The van der Waals surface area contributed by atoms with Gasteiger partial charge in [0.25, 0.3) is 0 Å². The van der Waals surface area contributed by atoms with Crippen LogP contribution in [0.5, 0.6) is 5.75 Å². The molecule has 2 aromatic carbocycles. The van der Waals surface area contributed by atoms with E-state index >= 15 is 0 Å². The van der Waals surface area contributed by atoms with Crippen molar-refractivity contribution >= 4 is 29.3 Å². The van der Waals surface area contributed by atoms with Gasteiger partial charge >= 0.3 is 0 Å². The minimum atomic E-state index is 0.0764. The van der Waals surface area contributed by atoms with Crippen LogP contribution in [0.15, 0.2) is 48.5 Å². The number of carbonyl (C=O) groups excluding carboxylic acids is 1. The van der Waals surface area contributed by atoms with Crippen LogP contribution in [0.3, 0.4) is 0 Å². The summed E-state index contributed by atoms with van der Waals surface area (Å²) in [5, 5.41) is 3.72. The zero-order valence-corrected chi connectivity index (χ0v) is 16.7. The van der Waals surface area contributed by atoms with Crippen LogP contribution in [-0.4, -0.2) is 24.8 Å². The van der Waals surface area contributed by atoms with Gasteiger partial charge in [-0.1, -0.05) is 48.9 Å². The highest BCUT2D eigenvalue weighted by Gasteiger charge is 2.05. The van der Waals surface area contributed by atoms with E-state index in [9.17, 15) is 4.79 Å². The Morgan fingerprint density at radius 1 is 1.19 bits per heavy atom. The number of nitrogens with one attached hydrogen (secondary N) is 1. The summed E-state index contributed by atoms with van der Waals surface area (Å²) in [5.74, 6) is 2.28. The Labute approximate surface area is 165 Å². The topological polar surface area (TPSA) is 38.3 Å². The van der Waals surface area contributed by atoms with Crippen LogP contribution in [0.2, 0.25) is 5.02 Å². The summed E-state index contributed by atoms with van der Waals surface area (Å²) in [7, 11) is 0. The minimum absolute atomic E-state index is 0.0764. The molecule has 0 heterocycles. The number of para-hydroxylation sites is 1. The molecule has 26 heavy (non-hydrogen) atoms. The summed E-state index contributed by atoms with van der Waals surface area (Å²) in [6, 6.07) is 15.9. The quantitative estimate of drug-likeness (QED) is 0.541. The van der Waals surface area contributed by atoms with Crippen LogP contribution >= 0.6 is 23.4 Å².